The van der Waals surface area contributed by atoms with Crippen molar-refractivity contribution in [1.29, 1.82) is 0 Å². The molecule has 9 amide bonds. The van der Waals surface area contributed by atoms with Gasteiger partial charge in [0.25, 0.3) is 0 Å². The fraction of sp³-hybridized carbons (Fsp3) is 0.500. The molecule has 1 unspecified atom stereocenters. The average molecular weight is 1230 g/mol. The maximum atomic E-state index is 14.5. The number of hydrogen-bond acceptors (Lipinski definition) is 17. The molecule has 1 heterocycles. The number of phenols is 1. The van der Waals surface area contributed by atoms with E-state index in [1.165, 1.54) is 12.1 Å². The van der Waals surface area contributed by atoms with Crippen molar-refractivity contribution >= 4 is 65.5 Å². The van der Waals surface area contributed by atoms with E-state index in [0.717, 1.165) is 5.56 Å². The van der Waals surface area contributed by atoms with Crippen LogP contribution in [-0.4, -0.2) is 229 Å². The Morgan fingerprint density at radius 3 is 1.74 bits per heavy atom. The number of hydrogen-bond donors (Lipinski definition) is 14. The third-order valence-corrected chi connectivity index (χ3v) is 13.6. The quantitative estimate of drug-likeness (QED) is 0.0152. The number of ether oxygens (including phenoxy) is 1. The van der Waals surface area contributed by atoms with Crippen LogP contribution in [-0.2, 0) is 44.9 Å². The number of urea groups is 2. The molecule has 88 heavy (non-hydrogen) atoms. The van der Waals surface area contributed by atoms with Gasteiger partial charge in [0.2, 0.25) is 29.5 Å². The lowest BCUT2D eigenvalue weighted by molar-refractivity contribution is -0.140. The number of aliphatic carboxylic acids is 3. The van der Waals surface area contributed by atoms with Gasteiger partial charge in [-0.2, -0.15) is 0 Å². The first kappa shape index (κ1) is 71.4. The average Bonchev–Trinajstić information content (AvgIpc) is 2.30. The highest BCUT2D eigenvalue weighted by Gasteiger charge is 2.29. The Labute approximate surface area is 510 Å². The van der Waals surface area contributed by atoms with Crippen molar-refractivity contribution in [3.8, 4) is 11.5 Å². The highest BCUT2D eigenvalue weighted by atomic mass is 16.5. The van der Waals surface area contributed by atoms with Crippen LogP contribution in [0.4, 0.5) is 9.59 Å². The first-order valence-electron chi connectivity index (χ1n) is 29.2. The second-order valence-electron chi connectivity index (χ2n) is 20.6. The Morgan fingerprint density at radius 2 is 1.14 bits per heavy atom. The molecule has 0 radical (unpaired) electrons. The van der Waals surface area contributed by atoms with Gasteiger partial charge in [-0.1, -0.05) is 61.5 Å². The van der Waals surface area contributed by atoms with E-state index in [4.69, 9.17) is 10.5 Å². The summed E-state index contributed by atoms with van der Waals surface area (Å²) in [6.07, 6.45) is 2.26. The van der Waals surface area contributed by atoms with Crippen LogP contribution in [0.15, 0.2) is 83.9 Å². The maximum absolute atomic E-state index is 14.5. The standard InChI is InChI=1S/C58H85N15O15/c1-2-47(75)61-24-25-64-57(86)67-56(59)62-21-7-6-15-46(54(84)65-36-41-16-18-44(74)19-17-41)66-55(85)53(42-11-4-3-5-12-42)43-13-10-14-45(35-43)88-34-9-8-22-63-58(87)69-68-48(76)20-23-60-49(77)37-70-26-28-71(38-50(78)79)30-32-73(40-52(82)83)33-31-72(29-27-70)39-51(80)81/h3-5,10-14,16-19,35,46,53,74H,2,6-9,15,20-34,36-40H2,1H3,(H,60,77)(H,61,75)(H,65,84)(H,66,85)(H,68,76)(H,78,79)(H,80,81)(H,82,83)(H2,63,69,87)(H4,59,62,64,67,86)/t46-,53?/m1/s1. The van der Waals surface area contributed by atoms with E-state index >= 15 is 0 Å². The zero-order valence-corrected chi connectivity index (χ0v) is 49.6. The van der Waals surface area contributed by atoms with Gasteiger partial charge in [-0.05, 0) is 73.1 Å². The third-order valence-electron chi connectivity index (χ3n) is 13.6. The molecule has 3 aromatic rings. The molecular formula is C58H85N15O15. The van der Waals surface area contributed by atoms with Gasteiger partial charge < -0.3 is 62.8 Å². The molecule has 0 spiro atoms. The van der Waals surface area contributed by atoms with Gasteiger partial charge in [-0.25, -0.2) is 15.0 Å². The Morgan fingerprint density at radius 1 is 0.568 bits per heavy atom. The number of nitrogens with zero attached hydrogens (tertiary/aromatic N) is 5. The van der Waals surface area contributed by atoms with Gasteiger partial charge in [-0.3, -0.25) is 73.7 Å². The Balaban J connectivity index is 1.23. The minimum absolute atomic E-state index is 0.0724. The maximum Gasteiger partial charge on any atom is 0.333 e. The second-order valence-corrected chi connectivity index (χ2v) is 20.6. The topological polar surface area (TPSA) is 420 Å². The Kier molecular flexibility index (Phi) is 32.7. The number of carboxylic acid groups (broad SMARTS) is 3. The van der Waals surface area contributed by atoms with E-state index < -0.39 is 65.6 Å². The molecule has 30 heteroatoms. The van der Waals surface area contributed by atoms with Gasteiger partial charge in [0, 0.05) is 104 Å². The smallest absolute Gasteiger partial charge is 0.333 e. The number of amides is 9. The van der Waals surface area contributed by atoms with Crippen molar-refractivity contribution in [2.75, 3.05) is 118 Å². The Bertz CT molecular complexity index is 2730. The molecule has 4 rings (SSSR count). The van der Waals surface area contributed by atoms with Crippen LogP contribution in [0.25, 0.3) is 0 Å². The van der Waals surface area contributed by atoms with Crippen molar-refractivity contribution < 1.29 is 73.1 Å². The lowest BCUT2D eigenvalue weighted by atomic mass is 9.90. The van der Waals surface area contributed by atoms with Crippen LogP contribution in [0.2, 0.25) is 0 Å². The molecule has 1 saturated heterocycles. The zero-order valence-electron chi connectivity index (χ0n) is 49.6. The van der Waals surface area contributed by atoms with Gasteiger partial charge >= 0.3 is 30.0 Å². The van der Waals surface area contributed by atoms with Crippen LogP contribution in [0.5, 0.6) is 11.5 Å². The zero-order chi connectivity index (χ0) is 64.1. The summed E-state index contributed by atoms with van der Waals surface area (Å²) in [6.45, 7) is 3.70. The van der Waals surface area contributed by atoms with Gasteiger partial charge in [0.15, 0.2) is 5.96 Å². The predicted molar refractivity (Wildman–Crippen MR) is 322 cm³/mol. The minimum atomic E-state index is -1.07. The molecular weight excluding hydrogens is 1150 g/mol. The molecule has 15 N–H and O–H groups in total. The number of nitrogens with one attached hydrogen (secondary N) is 9. The van der Waals surface area contributed by atoms with Crippen LogP contribution in [0.1, 0.15) is 74.5 Å². The number of carbonyl (C=O) groups excluding carboxylic acids is 7. The summed E-state index contributed by atoms with van der Waals surface area (Å²) in [5, 5.41) is 56.9. The van der Waals surface area contributed by atoms with Gasteiger partial charge in [0.1, 0.15) is 17.5 Å². The van der Waals surface area contributed by atoms with E-state index in [-0.39, 0.29) is 155 Å². The van der Waals surface area contributed by atoms with Crippen molar-refractivity contribution in [2.45, 2.75) is 70.4 Å². The van der Waals surface area contributed by atoms with Crippen LogP contribution in [0, 0.1) is 0 Å². The number of aliphatic imine (C=N–C) groups is 1. The number of aromatic hydroxyl groups is 1. The summed E-state index contributed by atoms with van der Waals surface area (Å²) >= 11 is 0. The number of carboxylic acids is 3. The summed E-state index contributed by atoms with van der Waals surface area (Å²) in [6, 6.07) is 20.2. The number of benzene rings is 3. The summed E-state index contributed by atoms with van der Waals surface area (Å²) in [4.78, 5) is 135. The number of phenolic OH excluding ortho intramolecular Hbond substituents is 1. The molecule has 3 aromatic carbocycles. The van der Waals surface area contributed by atoms with Crippen molar-refractivity contribution in [1.82, 2.24) is 67.7 Å². The van der Waals surface area contributed by atoms with Crippen molar-refractivity contribution in [2.24, 2.45) is 10.7 Å². The van der Waals surface area contributed by atoms with Crippen molar-refractivity contribution in [3.63, 3.8) is 0 Å². The van der Waals surface area contributed by atoms with Crippen molar-refractivity contribution in [3.05, 3.63) is 95.6 Å². The lowest BCUT2D eigenvalue weighted by Gasteiger charge is -2.32. The lowest BCUT2D eigenvalue weighted by Crippen LogP contribution is -2.50. The normalized spacial score (nSPS) is 14.4. The summed E-state index contributed by atoms with van der Waals surface area (Å²) < 4.78 is 6.07. The van der Waals surface area contributed by atoms with E-state index in [1.807, 2.05) is 18.2 Å². The number of guanidine groups is 1. The van der Waals surface area contributed by atoms with Crippen LogP contribution >= 0.6 is 0 Å². The number of rotatable bonds is 33. The molecule has 2 atom stereocenters. The number of nitrogens with two attached hydrogens (primary N) is 1. The van der Waals surface area contributed by atoms with E-state index in [2.05, 4.69) is 53.1 Å². The molecule has 1 fully saturated rings. The molecule has 30 nitrogen and oxygen atoms in total. The summed E-state index contributed by atoms with van der Waals surface area (Å²) in [5.74, 6) is -5.70. The molecule has 0 aliphatic carbocycles. The molecule has 0 aromatic heterocycles. The Hall–Kier alpha value is -9.13. The fourth-order valence-corrected chi connectivity index (χ4v) is 8.95. The monoisotopic (exact) mass is 1230 g/mol. The van der Waals surface area contributed by atoms with Crippen LogP contribution in [0.3, 0.4) is 0 Å². The van der Waals surface area contributed by atoms with Gasteiger partial charge in [-0.15, -0.1) is 0 Å². The number of unbranched alkanes of at least 4 members (excludes halogenated alkanes) is 2. The summed E-state index contributed by atoms with van der Waals surface area (Å²) in [5.41, 5.74) is 12.4. The minimum Gasteiger partial charge on any atom is -0.508 e. The molecule has 1 aliphatic heterocycles. The number of hydrazine groups is 1. The molecule has 482 valence electrons. The first-order valence-corrected chi connectivity index (χ1v) is 29.2. The molecule has 1 aliphatic rings. The fourth-order valence-electron chi connectivity index (χ4n) is 8.95. The van der Waals surface area contributed by atoms with Gasteiger partial charge in [0.05, 0.1) is 38.7 Å². The SMILES string of the molecule is CCC(=O)NCCNC(=O)NC(N)=NCCCC[C@@H](NC(=O)C(c1ccccc1)c1cccc(OCCCCNC(=O)NNC(=O)CCNC(=O)CN2CCN(CC(=O)O)CCN(CC(=O)O)CCN(CC(=O)O)CC2)c1)C(=O)NCc1ccc(O)cc1. The molecule has 0 saturated carbocycles. The van der Waals surface area contributed by atoms with Crippen LogP contribution < -0.4 is 58.5 Å². The number of carbonyl (C=O) groups is 10. The summed E-state index contributed by atoms with van der Waals surface area (Å²) in [7, 11) is 0. The third kappa shape index (κ3) is 30.3. The highest BCUT2D eigenvalue weighted by Crippen LogP contribution is 2.28. The van der Waals surface area contributed by atoms with E-state index in [9.17, 15) is 68.4 Å². The van der Waals surface area contributed by atoms with E-state index in [1.54, 1.807) is 75.1 Å². The predicted octanol–water partition coefficient (Wildman–Crippen LogP) is -0.893. The highest BCUT2D eigenvalue weighted by molar-refractivity contribution is 5.95. The molecule has 0 bridgehead atoms. The van der Waals surface area contributed by atoms with E-state index in [0.29, 0.717) is 49.0 Å². The largest absolute Gasteiger partial charge is 0.508 e. The first-order chi connectivity index (χ1) is 42.3. The second kappa shape index (κ2) is 40.3.